The number of primary amides is 1. The van der Waals surface area contributed by atoms with Crippen LogP contribution in [0.4, 0.5) is 0 Å². The Hall–Kier alpha value is -1.88. The molecule has 0 aliphatic heterocycles. The summed E-state index contributed by atoms with van der Waals surface area (Å²) >= 11 is 0. The van der Waals surface area contributed by atoms with Crippen molar-refractivity contribution in [3.8, 4) is 0 Å². The van der Waals surface area contributed by atoms with E-state index in [9.17, 15) is 9.59 Å². The van der Waals surface area contributed by atoms with Gasteiger partial charge in [0.1, 0.15) is 0 Å². The lowest BCUT2D eigenvalue weighted by molar-refractivity contribution is 0.0599. The third-order valence-electron chi connectivity index (χ3n) is 2.05. The molecule has 0 saturated carbocycles. The highest BCUT2D eigenvalue weighted by Gasteiger charge is 2.16. The SMILES string of the molecule is COC(=O)c1cccc(C(N)=O)c1CN. The Morgan fingerprint density at radius 2 is 1.93 bits per heavy atom. The van der Waals surface area contributed by atoms with E-state index in [0.29, 0.717) is 5.56 Å². The smallest absolute Gasteiger partial charge is 0.338 e. The lowest BCUT2D eigenvalue weighted by Crippen LogP contribution is -2.19. The molecule has 1 rings (SSSR count). The molecule has 1 aromatic rings. The number of ether oxygens (including phenoxy) is 1. The lowest BCUT2D eigenvalue weighted by Gasteiger charge is -2.09. The highest BCUT2D eigenvalue weighted by Crippen LogP contribution is 2.15. The summed E-state index contributed by atoms with van der Waals surface area (Å²) in [6, 6.07) is 4.63. The molecule has 0 aliphatic rings. The Bertz CT molecular complexity index is 402. The van der Waals surface area contributed by atoms with Crippen LogP contribution in [-0.4, -0.2) is 19.0 Å². The van der Waals surface area contributed by atoms with Crippen LogP contribution in [0.1, 0.15) is 26.3 Å². The number of carbonyl (C=O) groups is 2. The maximum atomic E-state index is 11.3. The molecule has 1 aromatic carbocycles. The fraction of sp³-hybridized carbons (Fsp3) is 0.200. The summed E-state index contributed by atoms with van der Waals surface area (Å²) in [4.78, 5) is 22.4. The van der Waals surface area contributed by atoms with Crippen LogP contribution in [0.15, 0.2) is 18.2 Å². The molecule has 0 saturated heterocycles. The molecule has 0 fully saturated rings. The maximum Gasteiger partial charge on any atom is 0.338 e. The third kappa shape index (κ3) is 2.13. The quantitative estimate of drug-likeness (QED) is 0.685. The van der Waals surface area contributed by atoms with E-state index in [1.807, 2.05) is 0 Å². The molecule has 15 heavy (non-hydrogen) atoms. The molecule has 5 heteroatoms. The summed E-state index contributed by atoms with van der Waals surface area (Å²) in [5.41, 5.74) is 11.6. The molecule has 5 nitrogen and oxygen atoms in total. The van der Waals surface area contributed by atoms with E-state index >= 15 is 0 Å². The molecule has 1 amide bonds. The Labute approximate surface area is 87.0 Å². The van der Waals surface area contributed by atoms with Gasteiger partial charge in [0, 0.05) is 12.1 Å². The predicted molar refractivity (Wildman–Crippen MR) is 54.2 cm³/mol. The standard InChI is InChI=1S/C10H12N2O3/c1-15-10(14)7-4-2-3-6(9(12)13)8(7)5-11/h2-4H,5,11H2,1H3,(H2,12,13). The van der Waals surface area contributed by atoms with Crippen LogP contribution in [-0.2, 0) is 11.3 Å². The predicted octanol–water partition coefficient (Wildman–Crippen LogP) is 0.0308. The molecule has 4 N–H and O–H groups in total. The largest absolute Gasteiger partial charge is 0.465 e. The van der Waals surface area contributed by atoms with Gasteiger partial charge in [0.2, 0.25) is 5.91 Å². The minimum Gasteiger partial charge on any atom is -0.465 e. The molecule has 80 valence electrons. The number of carbonyl (C=O) groups excluding carboxylic acids is 2. The van der Waals surface area contributed by atoms with Crippen molar-refractivity contribution in [2.24, 2.45) is 11.5 Å². The number of hydrogen-bond acceptors (Lipinski definition) is 4. The van der Waals surface area contributed by atoms with Gasteiger partial charge in [-0.05, 0) is 17.7 Å². The molecule has 0 unspecified atom stereocenters. The zero-order chi connectivity index (χ0) is 11.4. The monoisotopic (exact) mass is 208 g/mol. The number of rotatable bonds is 3. The average Bonchev–Trinajstić information content (AvgIpc) is 2.26. The van der Waals surface area contributed by atoms with Crippen LogP contribution in [0, 0.1) is 0 Å². The van der Waals surface area contributed by atoms with Crippen LogP contribution in [0.2, 0.25) is 0 Å². The van der Waals surface area contributed by atoms with E-state index in [1.165, 1.54) is 13.2 Å². The van der Waals surface area contributed by atoms with E-state index in [0.717, 1.165) is 0 Å². The van der Waals surface area contributed by atoms with Gasteiger partial charge in [-0.15, -0.1) is 0 Å². The van der Waals surface area contributed by atoms with Crippen molar-refractivity contribution in [2.45, 2.75) is 6.54 Å². The number of benzene rings is 1. The topological polar surface area (TPSA) is 95.4 Å². The summed E-state index contributed by atoms with van der Waals surface area (Å²) < 4.78 is 4.57. The minimum absolute atomic E-state index is 0.0591. The van der Waals surface area contributed by atoms with Crippen molar-refractivity contribution in [3.05, 3.63) is 34.9 Å². The molecule has 0 aromatic heterocycles. The van der Waals surface area contributed by atoms with Gasteiger partial charge >= 0.3 is 5.97 Å². The fourth-order valence-electron chi connectivity index (χ4n) is 1.34. The Morgan fingerprint density at radius 3 is 2.40 bits per heavy atom. The number of nitrogens with two attached hydrogens (primary N) is 2. The Morgan fingerprint density at radius 1 is 1.33 bits per heavy atom. The van der Waals surface area contributed by atoms with Gasteiger partial charge in [-0.1, -0.05) is 6.07 Å². The zero-order valence-electron chi connectivity index (χ0n) is 8.32. The molecule has 0 bridgehead atoms. The summed E-state index contributed by atoms with van der Waals surface area (Å²) in [6.45, 7) is 0.0591. The van der Waals surface area contributed by atoms with Crippen LogP contribution in [0.25, 0.3) is 0 Å². The zero-order valence-corrected chi connectivity index (χ0v) is 8.32. The van der Waals surface area contributed by atoms with E-state index in [1.54, 1.807) is 12.1 Å². The van der Waals surface area contributed by atoms with Crippen molar-refractivity contribution in [1.82, 2.24) is 0 Å². The van der Waals surface area contributed by atoms with Crippen LogP contribution in [0.5, 0.6) is 0 Å². The van der Waals surface area contributed by atoms with Crippen molar-refractivity contribution in [3.63, 3.8) is 0 Å². The first-order chi connectivity index (χ1) is 7.11. The number of esters is 1. The highest BCUT2D eigenvalue weighted by molar-refractivity contribution is 5.99. The summed E-state index contributed by atoms with van der Waals surface area (Å²) in [6.07, 6.45) is 0. The molecular weight excluding hydrogens is 196 g/mol. The van der Waals surface area contributed by atoms with Gasteiger partial charge in [-0.3, -0.25) is 4.79 Å². The van der Waals surface area contributed by atoms with Gasteiger partial charge in [0.25, 0.3) is 0 Å². The van der Waals surface area contributed by atoms with Crippen molar-refractivity contribution >= 4 is 11.9 Å². The van der Waals surface area contributed by atoms with E-state index in [-0.39, 0.29) is 17.7 Å². The lowest BCUT2D eigenvalue weighted by atomic mass is 10.0. The first-order valence-electron chi connectivity index (χ1n) is 4.32. The summed E-state index contributed by atoms with van der Waals surface area (Å²) in [7, 11) is 1.26. The van der Waals surface area contributed by atoms with E-state index in [4.69, 9.17) is 11.5 Å². The highest BCUT2D eigenvalue weighted by atomic mass is 16.5. The summed E-state index contributed by atoms with van der Waals surface area (Å²) in [5.74, 6) is -1.14. The van der Waals surface area contributed by atoms with E-state index < -0.39 is 11.9 Å². The second kappa shape index (κ2) is 4.56. The molecule has 0 heterocycles. The van der Waals surface area contributed by atoms with Gasteiger partial charge in [0.15, 0.2) is 0 Å². The van der Waals surface area contributed by atoms with Gasteiger partial charge in [0.05, 0.1) is 12.7 Å². The molecular formula is C10H12N2O3. The maximum absolute atomic E-state index is 11.3. The van der Waals surface area contributed by atoms with Crippen LogP contribution < -0.4 is 11.5 Å². The van der Waals surface area contributed by atoms with Gasteiger partial charge in [-0.2, -0.15) is 0 Å². The van der Waals surface area contributed by atoms with Gasteiger partial charge < -0.3 is 16.2 Å². The summed E-state index contributed by atoms with van der Waals surface area (Å²) in [5, 5.41) is 0. The fourth-order valence-corrected chi connectivity index (χ4v) is 1.34. The van der Waals surface area contributed by atoms with Crippen molar-refractivity contribution in [1.29, 1.82) is 0 Å². The first kappa shape index (κ1) is 11.2. The number of amides is 1. The molecule has 0 radical (unpaired) electrons. The Balaban J connectivity index is 3.34. The second-order valence-electron chi connectivity index (χ2n) is 2.89. The van der Waals surface area contributed by atoms with E-state index in [2.05, 4.69) is 4.74 Å². The average molecular weight is 208 g/mol. The van der Waals surface area contributed by atoms with Crippen LogP contribution in [0.3, 0.4) is 0 Å². The first-order valence-corrected chi connectivity index (χ1v) is 4.32. The van der Waals surface area contributed by atoms with Gasteiger partial charge in [-0.25, -0.2) is 4.79 Å². The van der Waals surface area contributed by atoms with Crippen molar-refractivity contribution in [2.75, 3.05) is 7.11 Å². The second-order valence-corrected chi connectivity index (χ2v) is 2.89. The Kier molecular flexibility index (Phi) is 3.41. The van der Waals surface area contributed by atoms with Crippen LogP contribution >= 0.6 is 0 Å². The normalized spacial score (nSPS) is 9.73. The minimum atomic E-state index is -0.610. The number of hydrogen-bond donors (Lipinski definition) is 2. The molecule has 0 aliphatic carbocycles. The van der Waals surface area contributed by atoms with Crippen molar-refractivity contribution < 1.29 is 14.3 Å². The molecule has 0 atom stereocenters. The molecule has 0 spiro atoms. The number of methoxy groups -OCH3 is 1. The third-order valence-corrected chi connectivity index (χ3v) is 2.05.